The Kier molecular flexibility index (Phi) is 4.39. The van der Waals surface area contributed by atoms with Crippen molar-refractivity contribution in [3.8, 4) is 11.3 Å². The Morgan fingerprint density at radius 1 is 1.08 bits per heavy atom. The zero-order valence-corrected chi connectivity index (χ0v) is 14.8. The van der Waals surface area contributed by atoms with Crippen LogP contribution in [0.5, 0.6) is 0 Å². The number of furan rings is 1. The summed E-state index contributed by atoms with van der Waals surface area (Å²) in [5.41, 5.74) is 4.24. The molecule has 1 aromatic carbocycles. The molecule has 0 fully saturated rings. The van der Waals surface area contributed by atoms with Crippen molar-refractivity contribution in [1.82, 2.24) is 15.1 Å². The molecule has 0 bridgehead atoms. The average Bonchev–Trinajstić information content (AvgIpc) is 3.32. The molecule has 0 aliphatic rings. The molecular weight excluding hydrogens is 328 g/mol. The molecule has 3 heterocycles. The Morgan fingerprint density at radius 3 is 2.65 bits per heavy atom. The monoisotopic (exact) mass is 348 g/mol. The molecule has 0 aliphatic carbocycles. The Morgan fingerprint density at radius 2 is 1.92 bits per heavy atom. The third-order valence-electron chi connectivity index (χ3n) is 4.25. The maximum atomic E-state index is 5.59. The van der Waals surface area contributed by atoms with Gasteiger partial charge in [0.1, 0.15) is 22.8 Å². The van der Waals surface area contributed by atoms with E-state index in [9.17, 15) is 0 Å². The lowest BCUT2D eigenvalue weighted by Crippen LogP contribution is -2.08. The molecule has 132 valence electrons. The highest BCUT2D eigenvalue weighted by molar-refractivity contribution is 5.93. The summed E-state index contributed by atoms with van der Waals surface area (Å²) in [5.74, 6) is 2.36. The molecule has 6 nitrogen and oxygen atoms in total. The minimum Gasteiger partial charge on any atom is -0.469 e. The molecule has 0 radical (unpaired) electrons. The molecule has 0 spiro atoms. The lowest BCUT2D eigenvalue weighted by atomic mass is 10.1. The van der Waals surface area contributed by atoms with Crippen molar-refractivity contribution in [3.63, 3.8) is 0 Å². The third-order valence-corrected chi connectivity index (χ3v) is 4.25. The predicted octanol–water partition coefficient (Wildman–Crippen LogP) is 4.40. The van der Waals surface area contributed by atoms with Crippen LogP contribution in [0.3, 0.4) is 0 Å². The topological polar surface area (TPSA) is 77.0 Å². The smallest absolute Gasteiger partial charge is 0.228 e. The summed E-state index contributed by atoms with van der Waals surface area (Å²) in [6, 6.07) is 12.0. The number of rotatable bonds is 6. The van der Waals surface area contributed by atoms with Crippen molar-refractivity contribution in [2.24, 2.45) is 0 Å². The molecule has 6 heteroatoms. The second-order valence-corrected chi connectivity index (χ2v) is 6.17. The summed E-state index contributed by atoms with van der Waals surface area (Å²) in [6.45, 7) is 4.78. The first-order valence-corrected chi connectivity index (χ1v) is 8.74. The van der Waals surface area contributed by atoms with Crippen molar-refractivity contribution in [2.75, 3.05) is 11.9 Å². The SMILES string of the molecule is CCc1nc(NCCc2ccco2)c2onc(-c3ccc(C)cc3)c2n1. The van der Waals surface area contributed by atoms with Gasteiger partial charge in [0.15, 0.2) is 5.82 Å². The number of fused-ring (bicyclic) bond motifs is 1. The third kappa shape index (κ3) is 3.18. The largest absolute Gasteiger partial charge is 0.469 e. The molecular formula is C20H20N4O2. The van der Waals surface area contributed by atoms with E-state index in [4.69, 9.17) is 8.94 Å². The maximum Gasteiger partial charge on any atom is 0.228 e. The van der Waals surface area contributed by atoms with Crippen molar-refractivity contribution >= 4 is 16.9 Å². The van der Waals surface area contributed by atoms with E-state index in [0.29, 0.717) is 17.9 Å². The predicted molar refractivity (Wildman–Crippen MR) is 100 cm³/mol. The Labute approximate surface area is 151 Å². The molecule has 0 unspecified atom stereocenters. The average molecular weight is 348 g/mol. The molecule has 26 heavy (non-hydrogen) atoms. The van der Waals surface area contributed by atoms with Gasteiger partial charge in [0.25, 0.3) is 0 Å². The number of aryl methyl sites for hydroxylation is 2. The van der Waals surface area contributed by atoms with Gasteiger partial charge in [-0.2, -0.15) is 0 Å². The highest BCUT2D eigenvalue weighted by atomic mass is 16.5. The van der Waals surface area contributed by atoms with E-state index in [2.05, 4.69) is 39.5 Å². The van der Waals surface area contributed by atoms with Gasteiger partial charge in [-0.3, -0.25) is 0 Å². The van der Waals surface area contributed by atoms with E-state index in [-0.39, 0.29) is 0 Å². The summed E-state index contributed by atoms with van der Waals surface area (Å²) in [6.07, 6.45) is 3.18. The van der Waals surface area contributed by atoms with Gasteiger partial charge in [0.2, 0.25) is 5.58 Å². The van der Waals surface area contributed by atoms with Crippen LogP contribution in [0.1, 0.15) is 24.1 Å². The van der Waals surface area contributed by atoms with Crippen LogP contribution in [0.15, 0.2) is 51.6 Å². The van der Waals surface area contributed by atoms with Crippen LogP contribution in [-0.2, 0) is 12.8 Å². The minimum absolute atomic E-state index is 0.581. The fraction of sp³-hybridized carbons (Fsp3) is 0.250. The molecule has 0 saturated carbocycles. The van der Waals surface area contributed by atoms with E-state index < -0.39 is 0 Å². The van der Waals surface area contributed by atoms with E-state index in [0.717, 1.165) is 41.2 Å². The second kappa shape index (κ2) is 7.00. The Balaban J connectivity index is 1.67. The van der Waals surface area contributed by atoms with Gasteiger partial charge in [0.05, 0.1) is 6.26 Å². The van der Waals surface area contributed by atoms with E-state index >= 15 is 0 Å². The number of aromatic nitrogens is 3. The fourth-order valence-electron chi connectivity index (χ4n) is 2.82. The first kappa shape index (κ1) is 16.3. The highest BCUT2D eigenvalue weighted by Gasteiger charge is 2.18. The molecule has 4 rings (SSSR count). The van der Waals surface area contributed by atoms with Crippen LogP contribution in [0.4, 0.5) is 5.82 Å². The van der Waals surface area contributed by atoms with Gasteiger partial charge >= 0.3 is 0 Å². The Hall–Kier alpha value is -3.15. The minimum atomic E-state index is 0.581. The second-order valence-electron chi connectivity index (χ2n) is 6.17. The van der Waals surface area contributed by atoms with Crippen molar-refractivity contribution in [3.05, 3.63) is 59.8 Å². The number of anilines is 1. The fourth-order valence-corrected chi connectivity index (χ4v) is 2.82. The summed E-state index contributed by atoms with van der Waals surface area (Å²) >= 11 is 0. The molecule has 0 amide bonds. The van der Waals surface area contributed by atoms with E-state index in [1.165, 1.54) is 5.56 Å². The van der Waals surface area contributed by atoms with Gasteiger partial charge < -0.3 is 14.3 Å². The van der Waals surface area contributed by atoms with Gasteiger partial charge in [-0.25, -0.2) is 9.97 Å². The van der Waals surface area contributed by atoms with Crippen LogP contribution < -0.4 is 5.32 Å². The number of nitrogens with one attached hydrogen (secondary N) is 1. The zero-order chi connectivity index (χ0) is 17.9. The first-order chi connectivity index (χ1) is 12.7. The summed E-state index contributed by atoms with van der Waals surface area (Å²) in [7, 11) is 0. The number of hydrogen-bond donors (Lipinski definition) is 1. The quantitative estimate of drug-likeness (QED) is 0.556. The zero-order valence-electron chi connectivity index (χ0n) is 14.8. The number of benzene rings is 1. The molecule has 3 aromatic heterocycles. The van der Waals surface area contributed by atoms with Crippen LogP contribution >= 0.6 is 0 Å². The van der Waals surface area contributed by atoms with Crippen LogP contribution in [0.25, 0.3) is 22.4 Å². The molecule has 1 N–H and O–H groups in total. The summed E-state index contributed by atoms with van der Waals surface area (Å²) in [4.78, 5) is 9.22. The molecule has 0 saturated heterocycles. The molecule has 0 atom stereocenters. The highest BCUT2D eigenvalue weighted by Crippen LogP contribution is 2.30. The van der Waals surface area contributed by atoms with Gasteiger partial charge in [-0.15, -0.1) is 0 Å². The normalized spacial score (nSPS) is 11.2. The Bertz CT molecular complexity index is 1000. The molecule has 4 aromatic rings. The van der Waals surface area contributed by atoms with Crippen LogP contribution in [-0.4, -0.2) is 21.7 Å². The lowest BCUT2D eigenvalue weighted by Gasteiger charge is -2.06. The number of nitrogens with zero attached hydrogens (tertiary/aromatic N) is 3. The summed E-state index contributed by atoms with van der Waals surface area (Å²) < 4.78 is 11.0. The standard InChI is InChI=1S/C20H20N4O2/c1-3-16-22-18-17(14-8-6-13(2)7-9-14)24-26-19(18)20(23-16)21-11-10-15-5-4-12-25-15/h4-9,12H,3,10-11H2,1-2H3,(H,21,22,23). The van der Waals surface area contributed by atoms with E-state index in [1.54, 1.807) is 6.26 Å². The number of hydrogen-bond acceptors (Lipinski definition) is 6. The lowest BCUT2D eigenvalue weighted by molar-refractivity contribution is 0.459. The maximum absolute atomic E-state index is 5.59. The van der Waals surface area contributed by atoms with Crippen molar-refractivity contribution < 1.29 is 8.94 Å². The first-order valence-electron chi connectivity index (χ1n) is 8.74. The van der Waals surface area contributed by atoms with Crippen molar-refractivity contribution in [1.29, 1.82) is 0 Å². The van der Waals surface area contributed by atoms with Crippen LogP contribution in [0, 0.1) is 6.92 Å². The summed E-state index contributed by atoms with van der Waals surface area (Å²) in [5, 5.41) is 7.58. The van der Waals surface area contributed by atoms with Gasteiger partial charge in [-0.1, -0.05) is 41.9 Å². The van der Waals surface area contributed by atoms with Gasteiger partial charge in [-0.05, 0) is 19.1 Å². The molecule has 0 aliphatic heterocycles. The van der Waals surface area contributed by atoms with Crippen molar-refractivity contribution in [2.45, 2.75) is 26.7 Å². The van der Waals surface area contributed by atoms with Crippen LogP contribution in [0.2, 0.25) is 0 Å². The van der Waals surface area contributed by atoms with Gasteiger partial charge in [0, 0.05) is 24.9 Å². The van der Waals surface area contributed by atoms with E-state index in [1.807, 2.05) is 31.2 Å².